The number of aliphatic carboxylic acids is 1. The number of nitrogens with one attached hydrogen (secondary N) is 1. The van der Waals surface area contributed by atoms with Gasteiger partial charge in [-0.25, -0.2) is 4.79 Å². The van der Waals surface area contributed by atoms with E-state index in [9.17, 15) is 14.7 Å². The van der Waals surface area contributed by atoms with Gasteiger partial charge >= 0.3 is 24.8 Å². The zero-order chi connectivity index (χ0) is 27.6. The molecule has 0 spiro atoms. The van der Waals surface area contributed by atoms with Gasteiger partial charge < -0.3 is 16.6 Å². The predicted molar refractivity (Wildman–Crippen MR) is 157 cm³/mol. The first-order chi connectivity index (χ1) is 18.9. The first-order valence-electron chi connectivity index (χ1n) is 12.4. The summed E-state index contributed by atoms with van der Waals surface area (Å²) in [5, 5.41) is 20.6. The molecular weight excluding hydrogens is 517 g/mol. The number of nitrogens with zero attached hydrogens (tertiary/aromatic N) is 2. The summed E-state index contributed by atoms with van der Waals surface area (Å²) in [4.78, 5) is 25.0. The second-order valence-electron chi connectivity index (χ2n) is 8.81. The first-order valence-corrected chi connectivity index (χ1v) is 13.8. The third-order valence-corrected chi connectivity index (χ3v) is 6.65. The van der Waals surface area contributed by atoms with Crippen molar-refractivity contribution >= 4 is 35.8 Å². The quantitative estimate of drug-likeness (QED) is 0.277. The molecule has 3 aromatic carbocycles. The molecule has 200 valence electrons. The molecule has 1 amide bonds. The van der Waals surface area contributed by atoms with Gasteiger partial charge in [0, 0.05) is 11.6 Å². The van der Waals surface area contributed by atoms with Gasteiger partial charge in [-0.15, -0.1) is 10.2 Å². The van der Waals surface area contributed by atoms with Gasteiger partial charge in [0.2, 0.25) is 5.88 Å². The zero-order valence-corrected chi connectivity index (χ0v) is 23.5. The predicted octanol–water partition coefficient (Wildman–Crippen LogP) is 3.47. The summed E-state index contributed by atoms with van der Waals surface area (Å²) in [6.45, 7) is 1.98. The van der Waals surface area contributed by atoms with E-state index in [0.29, 0.717) is 35.1 Å². The Bertz CT molecular complexity index is 1470. The van der Waals surface area contributed by atoms with Crippen molar-refractivity contribution in [2.24, 2.45) is 0 Å². The number of benzene rings is 3. The number of thioether (sulfide) groups is 1. The van der Waals surface area contributed by atoms with Gasteiger partial charge in [-0.1, -0.05) is 54.6 Å². The van der Waals surface area contributed by atoms with Gasteiger partial charge in [0.1, 0.15) is 11.8 Å². The molecule has 1 atom stereocenters. The van der Waals surface area contributed by atoms with Crippen molar-refractivity contribution in [1.29, 1.82) is 0 Å². The van der Waals surface area contributed by atoms with E-state index in [2.05, 4.69) is 15.5 Å². The summed E-state index contributed by atoms with van der Waals surface area (Å²) < 4.78 is 5.70. The smallest absolute Gasteiger partial charge is 1.00 e. The van der Waals surface area contributed by atoms with Crippen LogP contribution in [0.3, 0.4) is 0 Å². The van der Waals surface area contributed by atoms with Gasteiger partial charge in [-0.3, -0.25) is 4.79 Å². The molecule has 7 nitrogen and oxygen atoms in total. The number of carboxylic acids is 1. The van der Waals surface area contributed by atoms with E-state index >= 15 is 0 Å². The van der Waals surface area contributed by atoms with Crippen LogP contribution in [-0.4, -0.2) is 45.2 Å². The largest absolute Gasteiger partial charge is 1.00 e. The minimum absolute atomic E-state index is 0. The summed E-state index contributed by atoms with van der Waals surface area (Å²) in [5.74, 6) is 0.246. The molecule has 0 aliphatic rings. The maximum absolute atomic E-state index is 13.3. The Morgan fingerprint density at radius 3 is 2.40 bits per heavy atom. The van der Waals surface area contributed by atoms with Crippen molar-refractivity contribution in [3.63, 3.8) is 0 Å². The number of aromatic nitrogens is 2. The zero-order valence-electron chi connectivity index (χ0n) is 23.7. The third-order valence-electron chi connectivity index (χ3n) is 6.01. The Labute approximate surface area is 251 Å². The number of carbonyl (C=O) groups excluding carboxylic acids is 1. The number of carboxylic acid groups (broad SMARTS) is 1. The van der Waals surface area contributed by atoms with Crippen LogP contribution in [0.5, 0.6) is 11.6 Å². The molecule has 0 aliphatic heterocycles. The van der Waals surface area contributed by atoms with Crippen LogP contribution >= 0.6 is 11.8 Å². The van der Waals surface area contributed by atoms with E-state index in [1.165, 1.54) is 11.8 Å². The van der Waals surface area contributed by atoms with Crippen LogP contribution in [0.15, 0.2) is 84.9 Å². The van der Waals surface area contributed by atoms with E-state index < -0.39 is 17.9 Å². The van der Waals surface area contributed by atoms with E-state index in [1.807, 2.05) is 98.1 Å². The molecule has 2 N–H and O–H groups in total. The van der Waals surface area contributed by atoms with Crippen LogP contribution in [0.4, 0.5) is 0 Å². The van der Waals surface area contributed by atoms with Crippen molar-refractivity contribution in [3.05, 3.63) is 107 Å². The topological polar surface area (TPSA) is 101 Å². The van der Waals surface area contributed by atoms with Crippen molar-refractivity contribution in [1.82, 2.24) is 15.5 Å². The summed E-state index contributed by atoms with van der Waals surface area (Å²) in [6, 6.07) is 25.2. The summed E-state index contributed by atoms with van der Waals surface area (Å²) >= 11 is 1.54. The molecule has 4 rings (SSSR count). The van der Waals surface area contributed by atoms with Crippen LogP contribution in [-0.2, 0) is 4.79 Å². The van der Waals surface area contributed by atoms with Gasteiger partial charge in [-0.2, -0.15) is 11.8 Å². The number of aryl methyl sites for hydroxylation is 1. The van der Waals surface area contributed by atoms with Gasteiger partial charge in [-0.05, 0) is 84.0 Å². The molecule has 0 saturated carbocycles. The molecule has 0 fully saturated rings. The van der Waals surface area contributed by atoms with Crippen LogP contribution < -0.4 is 28.9 Å². The van der Waals surface area contributed by atoms with Crippen molar-refractivity contribution in [2.75, 3.05) is 12.0 Å². The Kier molecular flexibility index (Phi) is 11.6. The summed E-state index contributed by atoms with van der Waals surface area (Å²) in [7, 11) is 0. The number of amides is 1. The molecule has 1 heterocycles. The number of carbonyl (C=O) groups is 2. The molecule has 0 saturated heterocycles. The Morgan fingerprint density at radius 1 is 0.975 bits per heavy atom. The molecule has 0 aliphatic carbocycles. The maximum Gasteiger partial charge on any atom is 1.00 e. The molecule has 4 aromatic rings. The average Bonchev–Trinajstić information content (AvgIpc) is 2.95. The number of ether oxygens (including phenoxy) is 1. The summed E-state index contributed by atoms with van der Waals surface area (Å²) in [5.41, 5.74) is 4.54. The monoisotopic (exact) mass is 547 g/mol. The number of hydrogen-bond acceptors (Lipinski definition) is 6. The molecule has 1 aromatic heterocycles. The van der Waals surface area contributed by atoms with Gasteiger partial charge in [0.25, 0.3) is 5.91 Å². The molecule has 0 radical (unpaired) electrons. The Morgan fingerprint density at radius 2 is 1.73 bits per heavy atom. The molecule has 0 bridgehead atoms. The molecular formula is C31H30LiN3O4S. The Hall–Kier alpha value is -3.83. The normalized spacial score (nSPS) is 11.4. The van der Waals surface area contributed by atoms with E-state index in [1.54, 1.807) is 12.1 Å². The SMILES string of the molecule is CSCCC(NC(=O)c1ccc(/C=C/c2ccc(Oc3ccccc3)nn2)cc1-c1ccccc1C)C(=O)O.[H-].[Li+]. The van der Waals surface area contributed by atoms with E-state index in [4.69, 9.17) is 4.74 Å². The molecule has 1 unspecified atom stereocenters. The standard InChI is InChI=1S/C31H29N3O4S.Li.H/c1-21-8-6-7-11-25(21)27-20-22(13-16-26(27)30(35)32-28(31(36)37)18-19-39-2)12-14-23-15-17-29(34-33-23)38-24-9-4-3-5-10-24;;/h3-17,20,28H,18-19H2,1-2H3,(H,32,35)(H,36,37);;/q;+1;-1/b14-12+;;. The van der Waals surface area contributed by atoms with Crippen molar-refractivity contribution in [2.45, 2.75) is 19.4 Å². The van der Waals surface area contributed by atoms with Gasteiger partial charge in [0.05, 0.1) is 5.69 Å². The maximum atomic E-state index is 13.3. The number of hydrogen-bond donors (Lipinski definition) is 2. The minimum atomic E-state index is -1.05. The van der Waals surface area contributed by atoms with Crippen molar-refractivity contribution in [3.8, 4) is 22.8 Å². The van der Waals surface area contributed by atoms with Crippen LogP contribution in [0.25, 0.3) is 23.3 Å². The minimum Gasteiger partial charge on any atom is -1.00 e. The third kappa shape index (κ3) is 8.33. The second kappa shape index (κ2) is 15.1. The second-order valence-corrected chi connectivity index (χ2v) is 9.80. The molecule has 9 heteroatoms. The Balaban J connectivity index is 0.00000294. The first kappa shape index (κ1) is 30.7. The van der Waals surface area contributed by atoms with Crippen LogP contribution in [0.2, 0.25) is 0 Å². The molecule has 40 heavy (non-hydrogen) atoms. The van der Waals surface area contributed by atoms with E-state index in [-0.39, 0.29) is 20.3 Å². The fraction of sp³-hybridized carbons (Fsp3) is 0.161. The van der Waals surface area contributed by atoms with Gasteiger partial charge in [0.15, 0.2) is 0 Å². The number of rotatable bonds is 11. The fourth-order valence-corrected chi connectivity index (χ4v) is 4.43. The van der Waals surface area contributed by atoms with Crippen LogP contribution in [0, 0.1) is 6.92 Å². The fourth-order valence-electron chi connectivity index (χ4n) is 3.96. The van der Waals surface area contributed by atoms with E-state index in [0.717, 1.165) is 22.3 Å². The summed E-state index contributed by atoms with van der Waals surface area (Å²) in [6.07, 6.45) is 5.98. The van der Waals surface area contributed by atoms with Crippen molar-refractivity contribution < 1.29 is 39.7 Å². The van der Waals surface area contributed by atoms with Crippen LogP contribution in [0.1, 0.15) is 35.0 Å². The average molecular weight is 548 g/mol. The number of para-hydroxylation sites is 1.